The van der Waals surface area contributed by atoms with E-state index >= 15 is 0 Å². The van der Waals surface area contributed by atoms with Crippen LogP contribution in [0.15, 0.2) is 36.4 Å². The molecule has 0 aliphatic rings. The second-order valence-electron chi connectivity index (χ2n) is 5.76. The first-order valence-corrected chi connectivity index (χ1v) is 8.16. The van der Waals surface area contributed by atoms with Gasteiger partial charge in [0.15, 0.2) is 0 Å². The Labute approximate surface area is 146 Å². The predicted molar refractivity (Wildman–Crippen MR) is 94.2 cm³/mol. The van der Waals surface area contributed by atoms with Gasteiger partial charge in [-0.25, -0.2) is 9.78 Å². The molecule has 0 aliphatic heterocycles. The number of carboxylic acid groups (broad SMARTS) is 1. The number of nitrogens with zero attached hydrogens (tertiary/aromatic N) is 1. The number of carbonyl (C=O) groups is 2. The maximum atomic E-state index is 12.0. The summed E-state index contributed by atoms with van der Waals surface area (Å²) in [6, 6.07) is 10.7. The molecule has 2 rings (SSSR count). The summed E-state index contributed by atoms with van der Waals surface area (Å²) in [7, 11) is 0. The van der Waals surface area contributed by atoms with Crippen molar-refractivity contribution < 1.29 is 19.4 Å². The molecule has 132 valence electrons. The third-order valence-electron chi connectivity index (χ3n) is 3.70. The maximum Gasteiger partial charge on any atom is 0.337 e. The van der Waals surface area contributed by atoms with Crippen molar-refractivity contribution in [2.24, 2.45) is 0 Å². The third-order valence-corrected chi connectivity index (χ3v) is 3.70. The zero-order chi connectivity index (χ0) is 18.2. The Morgan fingerprint density at radius 2 is 1.80 bits per heavy atom. The number of carbonyl (C=O) groups excluding carboxylic acids is 1. The molecule has 0 atom stereocenters. The van der Waals surface area contributed by atoms with E-state index in [-0.39, 0.29) is 17.2 Å². The van der Waals surface area contributed by atoms with E-state index in [0.29, 0.717) is 18.8 Å². The lowest BCUT2D eigenvalue weighted by Crippen LogP contribution is -2.26. The van der Waals surface area contributed by atoms with Crippen LogP contribution in [0.5, 0.6) is 5.75 Å². The van der Waals surface area contributed by atoms with Crippen molar-refractivity contribution >= 4 is 11.9 Å². The van der Waals surface area contributed by atoms with Crippen molar-refractivity contribution in [3.8, 4) is 5.75 Å². The summed E-state index contributed by atoms with van der Waals surface area (Å²) >= 11 is 0. The number of hydrogen-bond acceptors (Lipinski definition) is 4. The number of carboxylic acids is 1. The smallest absolute Gasteiger partial charge is 0.337 e. The van der Waals surface area contributed by atoms with Gasteiger partial charge < -0.3 is 15.2 Å². The van der Waals surface area contributed by atoms with Crippen molar-refractivity contribution in [2.75, 3.05) is 13.2 Å². The number of hydrogen-bond donors (Lipinski definition) is 2. The van der Waals surface area contributed by atoms with Crippen molar-refractivity contribution in [1.29, 1.82) is 0 Å². The molecule has 6 heteroatoms. The molecule has 1 amide bonds. The van der Waals surface area contributed by atoms with Crippen molar-refractivity contribution in [3.63, 3.8) is 0 Å². The lowest BCUT2D eigenvalue weighted by molar-refractivity contribution is 0.0694. The number of ether oxygens (including phenoxy) is 1. The Kier molecular flexibility index (Phi) is 6.51. The van der Waals surface area contributed by atoms with E-state index in [0.717, 1.165) is 18.6 Å². The highest BCUT2D eigenvalue weighted by Gasteiger charge is 2.12. The van der Waals surface area contributed by atoms with Gasteiger partial charge in [-0.3, -0.25) is 4.79 Å². The molecule has 0 fully saturated rings. The van der Waals surface area contributed by atoms with Crippen LogP contribution in [0, 0.1) is 13.8 Å². The van der Waals surface area contributed by atoms with Crippen molar-refractivity contribution in [2.45, 2.75) is 26.7 Å². The molecule has 6 nitrogen and oxygen atoms in total. The van der Waals surface area contributed by atoms with Gasteiger partial charge in [-0.2, -0.15) is 0 Å². The topological polar surface area (TPSA) is 88.5 Å². The van der Waals surface area contributed by atoms with Crippen LogP contribution in [-0.4, -0.2) is 35.1 Å². The minimum atomic E-state index is -1.05. The average molecular weight is 342 g/mol. The number of unbranched alkanes of at least 4 members (excludes halogenated alkanes) is 1. The molecular weight excluding hydrogens is 320 g/mol. The van der Waals surface area contributed by atoms with Crippen molar-refractivity contribution in [1.82, 2.24) is 10.3 Å². The molecule has 0 bridgehead atoms. The highest BCUT2D eigenvalue weighted by atomic mass is 16.5. The summed E-state index contributed by atoms with van der Waals surface area (Å²) in [5, 5.41) is 11.7. The number of benzene rings is 1. The van der Waals surface area contributed by atoms with Gasteiger partial charge in [-0.05, 0) is 51.0 Å². The highest BCUT2D eigenvalue weighted by Crippen LogP contribution is 2.11. The number of nitrogens with one attached hydrogen (secondary N) is 1. The minimum Gasteiger partial charge on any atom is -0.494 e. The number of amides is 1. The highest BCUT2D eigenvalue weighted by molar-refractivity contribution is 5.94. The average Bonchev–Trinajstić information content (AvgIpc) is 2.58. The van der Waals surface area contributed by atoms with Gasteiger partial charge in [-0.1, -0.05) is 17.7 Å². The summed E-state index contributed by atoms with van der Waals surface area (Å²) in [4.78, 5) is 27.0. The Bertz CT molecular complexity index is 742. The number of rotatable bonds is 8. The first kappa shape index (κ1) is 18.4. The third kappa shape index (κ3) is 5.60. The molecule has 25 heavy (non-hydrogen) atoms. The largest absolute Gasteiger partial charge is 0.494 e. The summed E-state index contributed by atoms with van der Waals surface area (Å²) in [6.45, 7) is 4.70. The minimum absolute atomic E-state index is 0.102. The first-order valence-electron chi connectivity index (χ1n) is 8.16. The van der Waals surface area contributed by atoms with E-state index in [1.807, 2.05) is 31.2 Å². The molecule has 0 aliphatic carbocycles. The van der Waals surface area contributed by atoms with E-state index in [1.165, 1.54) is 17.7 Å². The second kappa shape index (κ2) is 8.82. The molecule has 1 aromatic carbocycles. The van der Waals surface area contributed by atoms with Gasteiger partial charge in [-0.15, -0.1) is 0 Å². The SMILES string of the molecule is Cc1ccc(OCCCCNC(=O)c2ccc(C(=O)O)c(C)n2)cc1. The van der Waals surface area contributed by atoms with E-state index in [9.17, 15) is 9.59 Å². The van der Waals surface area contributed by atoms with Crippen LogP contribution >= 0.6 is 0 Å². The van der Waals surface area contributed by atoms with Crippen LogP contribution in [0.4, 0.5) is 0 Å². The zero-order valence-corrected chi connectivity index (χ0v) is 14.4. The van der Waals surface area contributed by atoms with Gasteiger partial charge in [0.25, 0.3) is 5.91 Å². The molecular formula is C19H22N2O4. The standard InChI is InChI=1S/C19H22N2O4/c1-13-5-7-15(8-6-13)25-12-4-3-11-20-18(22)17-10-9-16(19(23)24)14(2)21-17/h5-10H,3-4,11-12H2,1-2H3,(H,20,22)(H,23,24). The molecule has 0 saturated heterocycles. The van der Waals surface area contributed by atoms with Gasteiger partial charge in [0.1, 0.15) is 11.4 Å². The van der Waals surface area contributed by atoms with Crippen LogP contribution < -0.4 is 10.1 Å². The number of aryl methyl sites for hydroxylation is 2. The van der Waals surface area contributed by atoms with E-state index in [4.69, 9.17) is 9.84 Å². The van der Waals surface area contributed by atoms with E-state index < -0.39 is 5.97 Å². The molecule has 2 aromatic rings. The van der Waals surface area contributed by atoms with E-state index in [2.05, 4.69) is 10.3 Å². The van der Waals surface area contributed by atoms with Crippen LogP contribution in [-0.2, 0) is 0 Å². The summed E-state index contributed by atoms with van der Waals surface area (Å²) in [5.74, 6) is -0.516. The summed E-state index contributed by atoms with van der Waals surface area (Å²) in [6.07, 6.45) is 1.60. The zero-order valence-electron chi connectivity index (χ0n) is 14.4. The Hall–Kier alpha value is -2.89. The quantitative estimate of drug-likeness (QED) is 0.720. The fourth-order valence-corrected chi connectivity index (χ4v) is 2.26. The fourth-order valence-electron chi connectivity index (χ4n) is 2.26. The molecule has 0 saturated carbocycles. The number of aromatic carboxylic acids is 1. The van der Waals surface area contributed by atoms with Crippen molar-refractivity contribution in [3.05, 3.63) is 58.9 Å². The van der Waals surface area contributed by atoms with Crippen LogP contribution in [0.3, 0.4) is 0 Å². The predicted octanol–water partition coefficient (Wildman–Crippen LogP) is 2.99. The maximum absolute atomic E-state index is 12.0. The Morgan fingerprint density at radius 3 is 2.44 bits per heavy atom. The normalized spacial score (nSPS) is 10.3. The van der Waals surface area contributed by atoms with Crippen LogP contribution in [0.25, 0.3) is 0 Å². The molecule has 0 spiro atoms. The first-order chi connectivity index (χ1) is 12.0. The summed E-state index contributed by atoms with van der Waals surface area (Å²) in [5.41, 5.74) is 1.84. The lowest BCUT2D eigenvalue weighted by Gasteiger charge is -2.08. The molecule has 0 radical (unpaired) electrons. The number of aromatic nitrogens is 1. The second-order valence-corrected chi connectivity index (χ2v) is 5.76. The fraction of sp³-hybridized carbons (Fsp3) is 0.316. The lowest BCUT2D eigenvalue weighted by atomic mass is 10.2. The molecule has 2 N–H and O–H groups in total. The van der Waals surface area contributed by atoms with Crippen LogP contribution in [0.2, 0.25) is 0 Å². The van der Waals surface area contributed by atoms with E-state index in [1.54, 1.807) is 6.92 Å². The molecule has 1 aromatic heterocycles. The monoisotopic (exact) mass is 342 g/mol. The van der Waals surface area contributed by atoms with Gasteiger partial charge in [0.05, 0.1) is 17.9 Å². The van der Waals surface area contributed by atoms with Gasteiger partial charge >= 0.3 is 5.97 Å². The van der Waals surface area contributed by atoms with Crippen LogP contribution in [0.1, 0.15) is 44.9 Å². The Balaban J connectivity index is 1.69. The number of pyridine rings is 1. The van der Waals surface area contributed by atoms with Gasteiger partial charge in [0, 0.05) is 6.54 Å². The van der Waals surface area contributed by atoms with Gasteiger partial charge in [0.2, 0.25) is 0 Å². The molecule has 1 heterocycles. The Morgan fingerprint density at radius 1 is 1.08 bits per heavy atom. The summed E-state index contributed by atoms with van der Waals surface area (Å²) < 4.78 is 5.62. The molecule has 0 unspecified atom stereocenters.